The fourth-order valence-electron chi connectivity index (χ4n) is 4.27. The van der Waals surface area contributed by atoms with Gasteiger partial charge in [0, 0.05) is 31.5 Å². The van der Waals surface area contributed by atoms with Crippen LogP contribution in [0.1, 0.15) is 38.2 Å². The van der Waals surface area contributed by atoms with Gasteiger partial charge in [-0.2, -0.15) is 0 Å². The average Bonchev–Trinajstić information content (AvgIpc) is 3.39. The van der Waals surface area contributed by atoms with Gasteiger partial charge in [0.1, 0.15) is 25.4 Å². The molecule has 1 aromatic carbocycles. The average molecular weight is 687 g/mol. The molecular formula is C31H42N8O10. The van der Waals surface area contributed by atoms with Crippen molar-refractivity contribution in [1.29, 1.82) is 0 Å². The Labute approximate surface area is 282 Å². The Hall–Kier alpha value is -5.65. The normalized spacial score (nSPS) is 13.2. The number of amides is 9. The molecule has 0 radical (unpaired) electrons. The summed E-state index contributed by atoms with van der Waals surface area (Å²) in [5.41, 5.74) is 5.65. The summed E-state index contributed by atoms with van der Waals surface area (Å²) >= 11 is 0. The van der Waals surface area contributed by atoms with E-state index in [4.69, 9.17) is 10.5 Å². The summed E-state index contributed by atoms with van der Waals surface area (Å²) in [6.07, 6.45) is 4.23. The largest absolute Gasteiger partial charge is 0.368 e. The van der Waals surface area contributed by atoms with E-state index < -0.39 is 67.2 Å². The second-order valence-corrected chi connectivity index (χ2v) is 10.8. The SMILES string of the molecule is CC(NC(=O)CNC(=O)CCCCCN1C(=O)C=CC1=O)C(=O)NCC(=O)NC(Cc1ccccc1)C(=O)NCC(=O)NCOCC(N)=O. The van der Waals surface area contributed by atoms with Crippen molar-refractivity contribution in [2.45, 2.75) is 51.1 Å². The Morgan fingerprint density at radius 2 is 1.35 bits per heavy atom. The molecule has 2 atom stereocenters. The molecular weight excluding hydrogens is 644 g/mol. The molecule has 0 saturated heterocycles. The van der Waals surface area contributed by atoms with Crippen LogP contribution in [0.15, 0.2) is 42.5 Å². The van der Waals surface area contributed by atoms with Crippen LogP contribution in [0.2, 0.25) is 0 Å². The molecule has 9 amide bonds. The first-order valence-electron chi connectivity index (χ1n) is 15.5. The molecule has 0 fully saturated rings. The topological polar surface area (TPSA) is 264 Å². The maximum atomic E-state index is 12.9. The van der Waals surface area contributed by atoms with Crippen LogP contribution in [-0.4, -0.2) is 110 Å². The van der Waals surface area contributed by atoms with Gasteiger partial charge in [0.2, 0.25) is 41.4 Å². The van der Waals surface area contributed by atoms with Gasteiger partial charge in [-0.1, -0.05) is 36.8 Å². The highest BCUT2D eigenvalue weighted by Gasteiger charge is 2.24. The Balaban J connectivity index is 1.70. The highest BCUT2D eigenvalue weighted by molar-refractivity contribution is 6.12. The molecule has 1 aliphatic heterocycles. The lowest BCUT2D eigenvalue weighted by molar-refractivity contribution is -0.137. The molecule has 1 aromatic rings. The van der Waals surface area contributed by atoms with Crippen LogP contribution in [0.4, 0.5) is 0 Å². The van der Waals surface area contributed by atoms with E-state index in [-0.39, 0.29) is 50.4 Å². The summed E-state index contributed by atoms with van der Waals surface area (Å²) in [6, 6.07) is 6.59. The van der Waals surface area contributed by atoms with Crippen LogP contribution in [0.25, 0.3) is 0 Å². The summed E-state index contributed by atoms with van der Waals surface area (Å²) in [6.45, 7) is -0.402. The van der Waals surface area contributed by atoms with Crippen LogP contribution < -0.4 is 37.6 Å². The van der Waals surface area contributed by atoms with E-state index in [1.54, 1.807) is 30.3 Å². The van der Waals surface area contributed by atoms with Crippen molar-refractivity contribution in [2.75, 3.05) is 39.5 Å². The number of nitrogens with zero attached hydrogens (tertiary/aromatic N) is 1. The van der Waals surface area contributed by atoms with Crippen molar-refractivity contribution in [2.24, 2.45) is 5.73 Å². The number of unbranched alkanes of at least 4 members (excludes halogenated alkanes) is 2. The van der Waals surface area contributed by atoms with Gasteiger partial charge >= 0.3 is 0 Å². The number of nitrogens with two attached hydrogens (primary N) is 1. The lowest BCUT2D eigenvalue weighted by Gasteiger charge is -2.19. The van der Waals surface area contributed by atoms with E-state index in [9.17, 15) is 43.2 Å². The monoisotopic (exact) mass is 686 g/mol. The number of primary amides is 1. The number of rotatable bonds is 22. The Bertz CT molecular complexity index is 1380. The minimum atomic E-state index is -1.11. The van der Waals surface area contributed by atoms with Crippen LogP contribution in [-0.2, 0) is 54.3 Å². The van der Waals surface area contributed by atoms with E-state index in [0.717, 1.165) is 4.90 Å². The van der Waals surface area contributed by atoms with Crippen LogP contribution in [0.3, 0.4) is 0 Å². The zero-order valence-corrected chi connectivity index (χ0v) is 27.1. The van der Waals surface area contributed by atoms with Gasteiger partial charge in [0.15, 0.2) is 0 Å². The number of nitrogens with one attached hydrogen (secondary N) is 6. The molecule has 49 heavy (non-hydrogen) atoms. The first kappa shape index (κ1) is 39.5. The van der Waals surface area contributed by atoms with Crippen LogP contribution in [0, 0.1) is 0 Å². The van der Waals surface area contributed by atoms with Crippen molar-refractivity contribution in [3.8, 4) is 0 Å². The first-order chi connectivity index (χ1) is 23.3. The third-order valence-electron chi connectivity index (χ3n) is 6.80. The quantitative estimate of drug-likeness (QED) is 0.0362. The molecule has 18 nitrogen and oxygen atoms in total. The number of hydrogen-bond acceptors (Lipinski definition) is 10. The first-order valence-corrected chi connectivity index (χ1v) is 15.5. The second-order valence-electron chi connectivity index (χ2n) is 10.8. The highest BCUT2D eigenvalue weighted by Crippen LogP contribution is 2.08. The second kappa shape index (κ2) is 21.3. The van der Waals surface area contributed by atoms with Crippen molar-refractivity contribution < 1.29 is 47.9 Å². The summed E-state index contributed by atoms with van der Waals surface area (Å²) in [4.78, 5) is 109. The fourth-order valence-corrected chi connectivity index (χ4v) is 4.27. The standard InChI is InChI=1S/C31H42N8O10/c1-20(37-26(43)16-33-24(41)10-6-3-7-13-39-28(45)11-12-29(39)46)30(47)34-17-27(44)38-22(14-21-8-4-2-5-9-21)31(48)35-15-25(42)36-19-49-18-23(32)40/h2,4-5,8-9,11-12,20,22H,3,6-7,10,13-19H2,1H3,(H2,32,40)(H,33,41)(H,34,47)(H,35,48)(H,36,42)(H,37,43)(H,38,44). The highest BCUT2D eigenvalue weighted by atomic mass is 16.5. The molecule has 18 heteroatoms. The molecule has 8 N–H and O–H groups in total. The predicted molar refractivity (Wildman–Crippen MR) is 171 cm³/mol. The minimum absolute atomic E-state index is 0.0756. The number of carbonyl (C=O) groups excluding carboxylic acids is 9. The molecule has 0 aliphatic carbocycles. The third kappa shape index (κ3) is 16.1. The van der Waals surface area contributed by atoms with Gasteiger partial charge in [0.05, 0.1) is 19.6 Å². The van der Waals surface area contributed by atoms with Gasteiger partial charge in [-0.25, -0.2) is 0 Å². The number of hydrogen-bond donors (Lipinski definition) is 7. The Kier molecular flexibility index (Phi) is 17.2. The third-order valence-corrected chi connectivity index (χ3v) is 6.80. The Morgan fingerprint density at radius 1 is 0.735 bits per heavy atom. The maximum absolute atomic E-state index is 12.9. The van der Waals surface area contributed by atoms with Crippen LogP contribution in [0.5, 0.6) is 0 Å². The van der Waals surface area contributed by atoms with Gasteiger partial charge in [-0.05, 0) is 25.3 Å². The molecule has 2 unspecified atom stereocenters. The summed E-state index contributed by atoms with van der Waals surface area (Å²) in [5, 5.41) is 14.5. The van der Waals surface area contributed by atoms with Gasteiger partial charge in [-0.3, -0.25) is 48.1 Å². The zero-order chi connectivity index (χ0) is 36.2. The van der Waals surface area contributed by atoms with E-state index in [2.05, 4.69) is 31.9 Å². The van der Waals surface area contributed by atoms with E-state index in [0.29, 0.717) is 24.8 Å². The molecule has 1 heterocycles. The minimum Gasteiger partial charge on any atom is -0.368 e. The molecule has 1 aliphatic rings. The van der Waals surface area contributed by atoms with Crippen molar-refractivity contribution in [3.05, 3.63) is 48.0 Å². The molecule has 0 aromatic heterocycles. The van der Waals surface area contributed by atoms with Gasteiger partial charge < -0.3 is 42.4 Å². The number of carbonyl (C=O) groups is 9. The van der Waals surface area contributed by atoms with Gasteiger partial charge in [-0.15, -0.1) is 0 Å². The molecule has 266 valence electrons. The van der Waals surface area contributed by atoms with E-state index >= 15 is 0 Å². The predicted octanol–water partition coefficient (Wildman–Crippen LogP) is -3.37. The van der Waals surface area contributed by atoms with Crippen molar-refractivity contribution in [3.63, 3.8) is 0 Å². The number of ether oxygens (including phenoxy) is 1. The smallest absolute Gasteiger partial charge is 0.253 e. The fraction of sp³-hybridized carbons (Fsp3) is 0.452. The van der Waals surface area contributed by atoms with Crippen molar-refractivity contribution >= 4 is 53.2 Å². The molecule has 2 rings (SSSR count). The van der Waals surface area contributed by atoms with Crippen LogP contribution >= 0.6 is 0 Å². The lowest BCUT2D eigenvalue weighted by Crippen LogP contribution is -2.53. The lowest BCUT2D eigenvalue weighted by atomic mass is 10.1. The maximum Gasteiger partial charge on any atom is 0.253 e. The Morgan fingerprint density at radius 3 is 2.02 bits per heavy atom. The van der Waals surface area contributed by atoms with E-state index in [1.807, 2.05) is 0 Å². The molecule has 0 saturated carbocycles. The summed E-state index contributed by atoms with van der Waals surface area (Å²) in [5.74, 6) is -5.16. The number of imide groups is 1. The number of benzene rings is 1. The van der Waals surface area contributed by atoms with Crippen molar-refractivity contribution in [1.82, 2.24) is 36.8 Å². The molecule has 0 bridgehead atoms. The summed E-state index contributed by atoms with van der Waals surface area (Å²) in [7, 11) is 0. The summed E-state index contributed by atoms with van der Waals surface area (Å²) < 4.78 is 4.83. The van der Waals surface area contributed by atoms with E-state index in [1.165, 1.54) is 19.1 Å². The molecule has 0 spiro atoms. The zero-order valence-electron chi connectivity index (χ0n) is 27.1. The van der Waals surface area contributed by atoms with Gasteiger partial charge in [0.25, 0.3) is 11.8 Å².